The normalized spacial score (nSPS) is 10.6. The quantitative estimate of drug-likeness (QED) is 0.722. The molecule has 0 aliphatic carbocycles. The van der Waals surface area contributed by atoms with Crippen molar-refractivity contribution < 1.29 is 9.53 Å². The average molecular weight is 316 g/mol. The van der Waals surface area contributed by atoms with Crippen LogP contribution in [0.4, 0.5) is 5.95 Å². The molecule has 0 aliphatic rings. The lowest BCUT2D eigenvalue weighted by atomic mass is 10.1. The van der Waals surface area contributed by atoms with Crippen LogP contribution in [0.2, 0.25) is 5.02 Å². The number of carbonyl (C=O) groups excluding carboxylic acids is 1. The smallest absolute Gasteiger partial charge is 0.337 e. The van der Waals surface area contributed by atoms with E-state index < -0.39 is 0 Å². The molecule has 112 valence electrons. The predicted molar refractivity (Wildman–Crippen MR) is 86.2 cm³/mol. The summed E-state index contributed by atoms with van der Waals surface area (Å²) in [5, 5.41) is 3.87. The van der Waals surface area contributed by atoms with Crippen LogP contribution in [0.3, 0.4) is 0 Å². The number of rotatable bonds is 4. The molecule has 2 N–H and O–H groups in total. The molecule has 0 aliphatic heterocycles. The molecule has 0 bridgehead atoms. The number of anilines is 1. The molecule has 1 heterocycles. The lowest BCUT2D eigenvalue weighted by Crippen LogP contribution is -2.03. The number of aromatic amines is 1. The van der Waals surface area contributed by atoms with Crippen molar-refractivity contribution in [1.82, 2.24) is 9.97 Å². The van der Waals surface area contributed by atoms with Crippen molar-refractivity contribution in [2.75, 3.05) is 12.4 Å². The Balaban J connectivity index is 1.69. The summed E-state index contributed by atoms with van der Waals surface area (Å²) in [5.41, 5.74) is 3.31. The van der Waals surface area contributed by atoms with Crippen LogP contribution in [-0.4, -0.2) is 23.0 Å². The number of hydrogen-bond donors (Lipinski definition) is 2. The van der Waals surface area contributed by atoms with Crippen molar-refractivity contribution in [3.8, 4) is 0 Å². The monoisotopic (exact) mass is 315 g/mol. The van der Waals surface area contributed by atoms with Gasteiger partial charge >= 0.3 is 5.97 Å². The van der Waals surface area contributed by atoms with E-state index in [-0.39, 0.29) is 5.97 Å². The SMILES string of the molecule is COC(=O)c1ccc(CNc2nc3ccc(Cl)cc3[nH]2)cc1. The summed E-state index contributed by atoms with van der Waals surface area (Å²) in [7, 11) is 1.37. The fraction of sp³-hybridized carbons (Fsp3) is 0.125. The van der Waals surface area contributed by atoms with E-state index in [2.05, 4.69) is 20.0 Å². The first-order valence-electron chi connectivity index (χ1n) is 6.72. The van der Waals surface area contributed by atoms with Crippen molar-refractivity contribution in [1.29, 1.82) is 0 Å². The van der Waals surface area contributed by atoms with Crippen LogP contribution >= 0.6 is 11.6 Å². The number of halogens is 1. The summed E-state index contributed by atoms with van der Waals surface area (Å²) in [6.07, 6.45) is 0. The molecule has 0 atom stereocenters. The second-order valence-electron chi connectivity index (χ2n) is 4.79. The Morgan fingerprint density at radius 1 is 1.27 bits per heavy atom. The fourth-order valence-electron chi connectivity index (χ4n) is 2.13. The summed E-state index contributed by atoms with van der Waals surface area (Å²) in [6, 6.07) is 12.7. The van der Waals surface area contributed by atoms with Crippen LogP contribution < -0.4 is 5.32 Å². The van der Waals surface area contributed by atoms with E-state index in [1.165, 1.54) is 7.11 Å². The highest BCUT2D eigenvalue weighted by Gasteiger charge is 2.05. The van der Waals surface area contributed by atoms with Crippen molar-refractivity contribution >= 4 is 34.6 Å². The molecule has 3 rings (SSSR count). The minimum Gasteiger partial charge on any atom is -0.465 e. The molecule has 6 heteroatoms. The van der Waals surface area contributed by atoms with Gasteiger partial charge < -0.3 is 15.0 Å². The van der Waals surface area contributed by atoms with Gasteiger partial charge in [-0.3, -0.25) is 0 Å². The topological polar surface area (TPSA) is 67.0 Å². The summed E-state index contributed by atoms with van der Waals surface area (Å²) in [6.45, 7) is 0.592. The maximum atomic E-state index is 11.4. The Kier molecular flexibility index (Phi) is 3.98. The lowest BCUT2D eigenvalue weighted by molar-refractivity contribution is 0.0600. The van der Waals surface area contributed by atoms with Crippen LogP contribution in [-0.2, 0) is 11.3 Å². The first-order valence-corrected chi connectivity index (χ1v) is 7.10. The standard InChI is InChI=1S/C16H14ClN3O2/c1-22-15(21)11-4-2-10(3-5-11)9-18-16-19-13-7-6-12(17)8-14(13)20-16/h2-8H,9H2,1H3,(H2,18,19,20). The third-order valence-electron chi connectivity index (χ3n) is 3.28. The van der Waals surface area contributed by atoms with E-state index in [9.17, 15) is 4.79 Å². The van der Waals surface area contributed by atoms with Gasteiger partial charge in [0.2, 0.25) is 5.95 Å². The zero-order valence-corrected chi connectivity index (χ0v) is 12.6. The van der Waals surface area contributed by atoms with Crippen LogP contribution in [0.15, 0.2) is 42.5 Å². The van der Waals surface area contributed by atoms with Gasteiger partial charge in [-0.15, -0.1) is 0 Å². The number of imidazole rings is 1. The highest BCUT2D eigenvalue weighted by atomic mass is 35.5. The number of hydrogen-bond acceptors (Lipinski definition) is 4. The van der Waals surface area contributed by atoms with Gasteiger partial charge in [-0.25, -0.2) is 9.78 Å². The van der Waals surface area contributed by atoms with E-state index in [0.717, 1.165) is 16.6 Å². The van der Waals surface area contributed by atoms with E-state index in [1.54, 1.807) is 18.2 Å². The Bertz CT molecular complexity index is 812. The van der Waals surface area contributed by atoms with Crippen molar-refractivity contribution in [3.63, 3.8) is 0 Å². The lowest BCUT2D eigenvalue weighted by Gasteiger charge is -2.04. The van der Waals surface area contributed by atoms with Gasteiger partial charge in [0.1, 0.15) is 0 Å². The Morgan fingerprint density at radius 3 is 2.77 bits per heavy atom. The van der Waals surface area contributed by atoms with Crippen LogP contribution in [0.1, 0.15) is 15.9 Å². The van der Waals surface area contributed by atoms with Gasteiger partial charge in [-0.05, 0) is 35.9 Å². The Morgan fingerprint density at radius 2 is 2.05 bits per heavy atom. The molecule has 0 fully saturated rings. The number of ether oxygens (including phenoxy) is 1. The molecule has 2 aromatic carbocycles. The van der Waals surface area contributed by atoms with Crippen molar-refractivity contribution in [2.24, 2.45) is 0 Å². The number of nitrogens with zero attached hydrogens (tertiary/aromatic N) is 1. The third-order valence-corrected chi connectivity index (χ3v) is 3.51. The van der Waals surface area contributed by atoms with E-state index in [1.807, 2.05) is 24.3 Å². The molecule has 1 aromatic heterocycles. The van der Waals surface area contributed by atoms with Gasteiger partial charge in [0.25, 0.3) is 0 Å². The fourth-order valence-corrected chi connectivity index (χ4v) is 2.30. The number of H-pyrrole nitrogens is 1. The van der Waals surface area contributed by atoms with Crippen LogP contribution in [0.5, 0.6) is 0 Å². The predicted octanol–water partition coefficient (Wildman–Crippen LogP) is 3.62. The number of carbonyl (C=O) groups is 1. The number of benzene rings is 2. The molecule has 3 aromatic rings. The molecule has 0 radical (unpaired) electrons. The highest BCUT2D eigenvalue weighted by molar-refractivity contribution is 6.31. The molecule has 0 amide bonds. The molecule has 0 spiro atoms. The number of methoxy groups -OCH3 is 1. The van der Waals surface area contributed by atoms with Gasteiger partial charge in [0.05, 0.1) is 23.7 Å². The Hall–Kier alpha value is -2.53. The number of aromatic nitrogens is 2. The Labute approximate surface area is 132 Å². The molecular weight excluding hydrogens is 302 g/mol. The van der Waals surface area contributed by atoms with Crippen LogP contribution in [0.25, 0.3) is 11.0 Å². The van der Waals surface area contributed by atoms with E-state index >= 15 is 0 Å². The molecule has 22 heavy (non-hydrogen) atoms. The maximum Gasteiger partial charge on any atom is 0.337 e. The number of nitrogens with one attached hydrogen (secondary N) is 2. The largest absolute Gasteiger partial charge is 0.465 e. The molecule has 0 saturated carbocycles. The molecule has 0 unspecified atom stereocenters. The third kappa shape index (κ3) is 3.04. The summed E-state index contributed by atoms with van der Waals surface area (Å²) >= 11 is 5.95. The maximum absolute atomic E-state index is 11.4. The summed E-state index contributed by atoms with van der Waals surface area (Å²) in [5.74, 6) is 0.336. The van der Waals surface area contributed by atoms with E-state index in [4.69, 9.17) is 11.6 Å². The van der Waals surface area contributed by atoms with Gasteiger partial charge in [-0.2, -0.15) is 0 Å². The minimum absolute atomic E-state index is 0.339. The minimum atomic E-state index is -0.339. The second-order valence-corrected chi connectivity index (χ2v) is 5.23. The number of esters is 1. The zero-order valence-electron chi connectivity index (χ0n) is 11.9. The van der Waals surface area contributed by atoms with E-state index in [0.29, 0.717) is 23.1 Å². The van der Waals surface area contributed by atoms with Gasteiger partial charge in [0.15, 0.2) is 0 Å². The number of fused-ring (bicyclic) bond motifs is 1. The zero-order chi connectivity index (χ0) is 15.5. The second kappa shape index (κ2) is 6.07. The van der Waals surface area contributed by atoms with Crippen molar-refractivity contribution in [3.05, 3.63) is 58.6 Å². The average Bonchev–Trinajstić information content (AvgIpc) is 2.94. The van der Waals surface area contributed by atoms with Gasteiger partial charge in [0, 0.05) is 11.6 Å². The molecular formula is C16H14ClN3O2. The molecule has 0 saturated heterocycles. The van der Waals surface area contributed by atoms with Crippen LogP contribution in [0, 0.1) is 0 Å². The van der Waals surface area contributed by atoms with Gasteiger partial charge in [-0.1, -0.05) is 23.7 Å². The van der Waals surface area contributed by atoms with Crippen molar-refractivity contribution in [2.45, 2.75) is 6.54 Å². The first kappa shape index (κ1) is 14.4. The summed E-state index contributed by atoms with van der Waals surface area (Å²) in [4.78, 5) is 19.0. The first-order chi connectivity index (χ1) is 10.7. The summed E-state index contributed by atoms with van der Waals surface area (Å²) < 4.78 is 4.67. The highest BCUT2D eigenvalue weighted by Crippen LogP contribution is 2.19. The molecule has 5 nitrogen and oxygen atoms in total.